The van der Waals surface area contributed by atoms with E-state index in [-0.39, 0.29) is 24.6 Å². The van der Waals surface area contributed by atoms with Gasteiger partial charge in [-0.1, -0.05) is 24.3 Å². The molecule has 0 bridgehead atoms. The number of halogens is 3. The van der Waals surface area contributed by atoms with Gasteiger partial charge >= 0.3 is 6.18 Å². The van der Waals surface area contributed by atoms with Crippen LogP contribution in [0.4, 0.5) is 13.2 Å². The van der Waals surface area contributed by atoms with E-state index < -0.39 is 11.7 Å². The Morgan fingerprint density at radius 2 is 2.00 bits per heavy atom. The lowest BCUT2D eigenvalue weighted by Crippen LogP contribution is -2.33. The predicted molar refractivity (Wildman–Crippen MR) is 66.4 cm³/mol. The van der Waals surface area contributed by atoms with Crippen LogP contribution in [0, 0.1) is 0 Å². The number of alkyl halides is 3. The summed E-state index contributed by atoms with van der Waals surface area (Å²) in [5, 5.41) is 5.20. The minimum absolute atomic E-state index is 0.0419. The second kappa shape index (κ2) is 6.94. The molecule has 0 radical (unpaired) electrons. The molecule has 0 saturated carbocycles. The average Bonchev–Trinajstić information content (AvgIpc) is 2.36. The number of nitrogens with one attached hydrogen (secondary N) is 2. The fourth-order valence-electron chi connectivity index (χ4n) is 1.50. The SMILES string of the molecule is C=CCNCC(=O)NCc1ccccc1C(F)(F)F. The van der Waals surface area contributed by atoms with Crippen molar-refractivity contribution in [3.8, 4) is 0 Å². The monoisotopic (exact) mass is 272 g/mol. The zero-order valence-electron chi connectivity index (χ0n) is 10.3. The molecule has 0 heterocycles. The molecule has 0 atom stereocenters. The van der Waals surface area contributed by atoms with Gasteiger partial charge in [-0.2, -0.15) is 13.2 Å². The molecule has 19 heavy (non-hydrogen) atoms. The summed E-state index contributed by atoms with van der Waals surface area (Å²) in [5.41, 5.74) is -0.679. The van der Waals surface area contributed by atoms with Crippen LogP contribution in [0.5, 0.6) is 0 Å². The van der Waals surface area contributed by atoms with Crippen LogP contribution in [0.15, 0.2) is 36.9 Å². The molecule has 0 unspecified atom stereocenters. The van der Waals surface area contributed by atoms with E-state index >= 15 is 0 Å². The molecule has 1 amide bonds. The molecular formula is C13H15F3N2O. The van der Waals surface area contributed by atoms with Crippen molar-refractivity contribution in [3.63, 3.8) is 0 Å². The molecule has 1 aromatic rings. The van der Waals surface area contributed by atoms with E-state index in [0.29, 0.717) is 6.54 Å². The Morgan fingerprint density at radius 1 is 1.32 bits per heavy atom. The second-order valence-electron chi connectivity index (χ2n) is 3.85. The Bertz CT molecular complexity index is 444. The Labute approximate surface area is 109 Å². The Balaban J connectivity index is 2.58. The van der Waals surface area contributed by atoms with Crippen LogP contribution in [0.25, 0.3) is 0 Å². The molecule has 0 aliphatic rings. The number of amides is 1. The number of rotatable bonds is 6. The summed E-state index contributed by atoms with van der Waals surface area (Å²) in [4.78, 5) is 11.4. The number of carbonyl (C=O) groups is 1. The van der Waals surface area contributed by atoms with E-state index in [2.05, 4.69) is 17.2 Å². The van der Waals surface area contributed by atoms with Crippen LogP contribution in [-0.2, 0) is 17.5 Å². The molecule has 104 valence electrons. The zero-order chi connectivity index (χ0) is 14.3. The molecule has 0 aromatic heterocycles. The largest absolute Gasteiger partial charge is 0.416 e. The number of benzene rings is 1. The predicted octanol–water partition coefficient (Wildman–Crippen LogP) is 2.10. The van der Waals surface area contributed by atoms with Gasteiger partial charge in [-0.05, 0) is 11.6 Å². The maximum absolute atomic E-state index is 12.7. The van der Waals surface area contributed by atoms with Crippen LogP contribution in [0.3, 0.4) is 0 Å². The standard InChI is InChI=1S/C13H15F3N2O/c1-2-7-17-9-12(19)18-8-10-5-3-4-6-11(10)13(14,15)16/h2-6,17H,1,7-9H2,(H,18,19). The summed E-state index contributed by atoms with van der Waals surface area (Å²) >= 11 is 0. The van der Waals surface area contributed by atoms with E-state index in [0.717, 1.165) is 6.07 Å². The lowest BCUT2D eigenvalue weighted by atomic mass is 10.1. The first-order valence-electron chi connectivity index (χ1n) is 5.68. The van der Waals surface area contributed by atoms with Gasteiger partial charge in [0.15, 0.2) is 0 Å². The minimum Gasteiger partial charge on any atom is -0.351 e. The van der Waals surface area contributed by atoms with Gasteiger partial charge in [-0.25, -0.2) is 0 Å². The van der Waals surface area contributed by atoms with Crippen molar-refractivity contribution in [3.05, 3.63) is 48.0 Å². The van der Waals surface area contributed by atoms with E-state index in [1.54, 1.807) is 6.08 Å². The smallest absolute Gasteiger partial charge is 0.351 e. The quantitative estimate of drug-likeness (QED) is 0.615. The highest BCUT2D eigenvalue weighted by molar-refractivity contribution is 5.78. The molecule has 1 rings (SSSR count). The molecule has 0 saturated heterocycles. The van der Waals surface area contributed by atoms with Crippen molar-refractivity contribution in [1.29, 1.82) is 0 Å². The van der Waals surface area contributed by atoms with Crippen molar-refractivity contribution >= 4 is 5.91 Å². The normalized spacial score (nSPS) is 11.1. The highest BCUT2D eigenvalue weighted by Crippen LogP contribution is 2.31. The van der Waals surface area contributed by atoms with Crippen molar-refractivity contribution in [1.82, 2.24) is 10.6 Å². The molecule has 2 N–H and O–H groups in total. The van der Waals surface area contributed by atoms with Crippen LogP contribution >= 0.6 is 0 Å². The van der Waals surface area contributed by atoms with Crippen LogP contribution in [0.2, 0.25) is 0 Å². The molecule has 0 spiro atoms. The number of hydrogen-bond donors (Lipinski definition) is 2. The molecular weight excluding hydrogens is 257 g/mol. The topological polar surface area (TPSA) is 41.1 Å². The first kappa shape index (κ1) is 15.2. The highest BCUT2D eigenvalue weighted by atomic mass is 19.4. The summed E-state index contributed by atoms with van der Waals surface area (Å²) in [6.07, 6.45) is -2.82. The maximum atomic E-state index is 12.7. The van der Waals surface area contributed by atoms with Crippen molar-refractivity contribution < 1.29 is 18.0 Å². The first-order chi connectivity index (χ1) is 8.95. The lowest BCUT2D eigenvalue weighted by Gasteiger charge is -2.13. The Hall–Kier alpha value is -1.82. The van der Waals surface area contributed by atoms with Gasteiger partial charge in [0.1, 0.15) is 0 Å². The molecule has 0 aliphatic carbocycles. The molecule has 0 fully saturated rings. The van der Waals surface area contributed by atoms with Crippen molar-refractivity contribution in [2.75, 3.05) is 13.1 Å². The summed E-state index contributed by atoms with van der Waals surface area (Å²) in [6, 6.07) is 5.17. The van der Waals surface area contributed by atoms with Crippen LogP contribution in [-0.4, -0.2) is 19.0 Å². The zero-order valence-corrected chi connectivity index (χ0v) is 10.3. The van der Waals surface area contributed by atoms with Crippen LogP contribution in [0.1, 0.15) is 11.1 Å². The van der Waals surface area contributed by atoms with Crippen molar-refractivity contribution in [2.45, 2.75) is 12.7 Å². The number of carbonyl (C=O) groups excluding carboxylic acids is 1. The van der Waals surface area contributed by atoms with Crippen molar-refractivity contribution in [2.24, 2.45) is 0 Å². The molecule has 6 heteroatoms. The highest BCUT2D eigenvalue weighted by Gasteiger charge is 2.32. The van der Waals surface area contributed by atoms with Gasteiger partial charge in [0.05, 0.1) is 12.1 Å². The Kier molecular flexibility index (Phi) is 5.57. The summed E-state index contributed by atoms with van der Waals surface area (Å²) in [7, 11) is 0. The van der Waals surface area contributed by atoms with Gasteiger partial charge in [-0.3, -0.25) is 4.79 Å². The molecule has 3 nitrogen and oxygen atoms in total. The molecule has 0 aliphatic heterocycles. The van der Waals surface area contributed by atoms with Gasteiger partial charge in [0.25, 0.3) is 0 Å². The van der Waals surface area contributed by atoms with Crippen LogP contribution < -0.4 is 10.6 Å². The average molecular weight is 272 g/mol. The van der Waals surface area contributed by atoms with E-state index in [9.17, 15) is 18.0 Å². The maximum Gasteiger partial charge on any atom is 0.416 e. The van der Waals surface area contributed by atoms with E-state index in [4.69, 9.17) is 0 Å². The third-order valence-electron chi connectivity index (χ3n) is 2.37. The van der Waals surface area contributed by atoms with Gasteiger partial charge in [0, 0.05) is 13.1 Å². The fourth-order valence-corrected chi connectivity index (χ4v) is 1.50. The van der Waals surface area contributed by atoms with Gasteiger partial charge in [0.2, 0.25) is 5.91 Å². The number of hydrogen-bond acceptors (Lipinski definition) is 2. The lowest BCUT2D eigenvalue weighted by molar-refractivity contribution is -0.138. The summed E-state index contributed by atoms with van der Waals surface area (Å²) in [6.45, 7) is 3.83. The Morgan fingerprint density at radius 3 is 2.63 bits per heavy atom. The molecule has 1 aromatic carbocycles. The summed E-state index contributed by atoms with van der Waals surface area (Å²) in [5.74, 6) is -0.362. The third-order valence-corrected chi connectivity index (χ3v) is 2.37. The van der Waals surface area contributed by atoms with Gasteiger partial charge in [-0.15, -0.1) is 6.58 Å². The second-order valence-corrected chi connectivity index (χ2v) is 3.85. The first-order valence-corrected chi connectivity index (χ1v) is 5.68. The fraction of sp³-hybridized carbons (Fsp3) is 0.308. The van der Waals surface area contributed by atoms with E-state index in [1.807, 2.05) is 0 Å². The summed E-state index contributed by atoms with van der Waals surface area (Å²) < 4.78 is 38.1. The third kappa shape index (κ3) is 5.13. The minimum atomic E-state index is -4.41. The van der Waals surface area contributed by atoms with Gasteiger partial charge < -0.3 is 10.6 Å². The van der Waals surface area contributed by atoms with E-state index in [1.165, 1.54) is 18.2 Å².